The number of fused-ring (bicyclic) bond motifs is 7. The first-order chi connectivity index (χ1) is 36.1. The number of rotatable bonds is 13. The first-order valence-electron chi connectivity index (χ1n) is 27.7. The van der Waals surface area contributed by atoms with E-state index in [1.54, 1.807) is 0 Å². The molecule has 442 valence electrons. The number of ether oxygens (including phenoxy) is 8. The molecule has 4 saturated carbocycles. The van der Waals surface area contributed by atoms with Crippen LogP contribution in [-0.4, -0.2) is 245 Å². The average molecular weight is 1110 g/mol. The number of allylic oxidation sites excluding steroid dienone is 4. The zero-order valence-electron chi connectivity index (χ0n) is 45.2. The summed E-state index contributed by atoms with van der Waals surface area (Å²) in [5.41, 5.74) is -0.415. The highest BCUT2D eigenvalue weighted by atomic mass is 16.8. The van der Waals surface area contributed by atoms with Crippen LogP contribution in [0.15, 0.2) is 23.3 Å². The molecule has 5 aliphatic carbocycles. The predicted molar refractivity (Wildman–Crippen MR) is 264 cm³/mol. The first-order valence-corrected chi connectivity index (χ1v) is 27.7. The molecule has 9 rings (SSSR count). The minimum absolute atomic E-state index is 0.00977. The van der Waals surface area contributed by atoms with Gasteiger partial charge >= 0.3 is 0 Å². The van der Waals surface area contributed by atoms with E-state index in [4.69, 9.17) is 37.9 Å². The molecular weight excluding hydrogens is 1020 g/mol. The maximum Gasteiger partial charge on any atom is 0.187 e. The number of hydrogen-bond acceptors (Lipinski definition) is 23. The smallest absolute Gasteiger partial charge is 0.187 e. The highest BCUT2D eigenvalue weighted by molar-refractivity contribution is 5.46. The van der Waals surface area contributed by atoms with E-state index < -0.39 is 182 Å². The quantitative estimate of drug-likeness (QED) is 0.0836. The zero-order valence-corrected chi connectivity index (χ0v) is 45.2. The van der Waals surface area contributed by atoms with E-state index in [0.717, 1.165) is 19.3 Å². The summed E-state index contributed by atoms with van der Waals surface area (Å²) >= 11 is 0. The zero-order chi connectivity index (χ0) is 56.3. The van der Waals surface area contributed by atoms with E-state index in [2.05, 4.69) is 46.8 Å². The highest BCUT2D eigenvalue weighted by Crippen LogP contribution is 2.75. The molecular formula is C54H88O23. The molecule has 0 amide bonds. The predicted octanol–water partition coefficient (Wildman–Crippen LogP) is -2.67. The van der Waals surface area contributed by atoms with Crippen molar-refractivity contribution in [1.82, 2.24) is 0 Å². The van der Waals surface area contributed by atoms with Gasteiger partial charge in [-0.1, -0.05) is 64.8 Å². The van der Waals surface area contributed by atoms with Gasteiger partial charge in [0.05, 0.1) is 51.3 Å². The van der Waals surface area contributed by atoms with E-state index in [0.29, 0.717) is 32.1 Å². The third kappa shape index (κ3) is 9.76. The maximum atomic E-state index is 12.2. The van der Waals surface area contributed by atoms with Crippen LogP contribution in [0.5, 0.6) is 0 Å². The van der Waals surface area contributed by atoms with Crippen LogP contribution in [0.3, 0.4) is 0 Å². The third-order valence-electron chi connectivity index (χ3n) is 21.1. The van der Waals surface area contributed by atoms with Crippen molar-refractivity contribution in [2.24, 2.45) is 44.3 Å². The number of aliphatic hydroxyl groups is 15. The fourth-order valence-electron chi connectivity index (χ4n) is 15.9. The van der Waals surface area contributed by atoms with Gasteiger partial charge in [0.1, 0.15) is 91.6 Å². The average Bonchev–Trinajstić information content (AvgIpc) is 3.53. The molecule has 0 bridgehead atoms. The Labute approximate surface area is 448 Å². The van der Waals surface area contributed by atoms with Gasteiger partial charge in [-0.05, 0) is 86.4 Å². The van der Waals surface area contributed by atoms with E-state index in [9.17, 15) is 76.6 Å². The van der Waals surface area contributed by atoms with Gasteiger partial charge in [0.2, 0.25) is 0 Å². The van der Waals surface area contributed by atoms with Crippen LogP contribution >= 0.6 is 0 Å². The fraction of sp³-hybridized carbons (Fsp3) is 0.926. The summed E-state index contributed by atoms with van der Waals surface area (Å²) in [4.78, 5) is 0. The second-order valence-electron chi connectivity index (χ2n) is 25.9. The SMILES string of the molecule is C[C@H]1O[C@@H](O[C@H]2CC[C@]3(C)C4=CC=C5[C@@H]6CC(C)(C)CC[C@]6(CO)[C@@H](O)C[C@@]5(C)[C@]4(C)CC[C@H]3[C@]2(C)CO)[C@H](O[C@@H]2O[C@H](CO)[C@@H](O)[C@H](O)[C@H]2O)[C@@H](O[C@@H]2O[C@H](CO[C@@H]3O[C@H](CO)[C@@H](O)[C@H](O)[C@H]3O)[C@@H](O)[C@H](O)[C@H]2O)[C@H]1O. The molecule has 0 aromatic carbocycles. The van der Waals surface area contributed by atoms with Gasteiger partial charge in [0, 0.05) is 16.2 Å². The van der Waals surface area contributed by atoms with Crippen LogP contribution in [0.2, 0.25) is 0 Å². The second-order valence-corrected chi connectivity index (χ2v) is 25.9. The standard InChI is InChI=1S/C54H88O23/c1-23-33(60)43(76-47-42(69)39(66)36(63)28(74-47)20-70-45-40(67)37(64)34(61)26(18-55)72-45)44(77-46-41(68)38(65)35(62)27(19-56)73-46)48(71-23)75-32-11-12-50(4)29(51(32,5)21-57)10-13-52(6)30(50)9-8-24-25-16-49(2,3)14-15-54(25,22-58)31(59)17-53(24,52)7/h8-9,23,25-29,31-48,55-69H,10-22H2,1-7H3/t23-,25+,26-,27-,28-,29-,31+,32+,33+,34-,35-,36-,37+,38+,39+,40-,41-,42-,43+,44-,45-,46+,47+,48+,50+,51+,52-,53-,54-/m1/s1. The van der Waals surface area contributed by atoms with Crippen molar-refractivity contribution in [2.75, 3.05) is 33.0 Å². The van der Waals surface area contributed by atoms with Crippen molar-refractivity contribution in [3.63, 3.8) is 0 Å². The second kappa shape index (κ2) is 22.0. The molecule has 8 fully saturated rings. The van der Waals surface area contributed by atoms with Crippen molar-refractivity contribution in [1.29, 1.82) is 0 Å². The van der Waals surface area contributed by atoms with Gasteiger partial charge in [-0.25, -0.2) is 0 Å². The molecule has 0 aromatic heterocycles. The summed E-state index contributed by atoms with van der Waals surface area (Å²) in [6, 6.07) is 0. The van der Waals surface area contributed by atoms with Crippen LogP contribution < -0.4 is 0 Å². The molecule has 23 nitrogen and oxygen atoms in total. The van der Waals surface area contributed by atoms with Crippen LogP contribution in [0, 0.1) is 44.3 Å². The lowest BCUT2D eigenvalue weighted by molar-refractivity contribution is -0.398. The Kier molecular flexibility index (Phi) is 17.2. The van der Waals surface area contributed by atoms with Crippen molar-refractivity contribution in [2.45, 2.75) is 235 Å². The Morgan fingerprint density at radius 1 is 0.519 bits per heavy atom. The van der Waals surface area contributed by atoms with E-state index in [1.165, 1.54) is 18.1 Å². The van der Waals surface area contributed by atoms with Crippen LogP contribution in [0.1, 0.15) is 99.8 Å². The molecule has 4 heterocycles. The maximum absolute atomic E-state index is 12.2. The van der Waals surface area contributed by atoms with Crippen molar-refractivity contribution >= 4 is 0 Å². The Balaban J connectivity index is 1.01. The largest absolute Gasteiger partial charge is 0.396 e. The third-order valence-corrected chi connectivity index (χ3v) is 21.1. The molecule has 15 N–H and O–H groups in total. The lowest BCUT2D eigenvalue weighted by Crippen LogP contribution is -2.68. The first kappa shape index (κ1) is 60.2. The summed E-state index contributed by atoms with van der Waals surface area (Å²) in [5, 5.41) is 164. The lowest BCUT2D eigenvalue weighted by Gasteiger charge is -2.69. The number of aliphatic hydroxyl groups excluding tert-OH is 15. The summed E-state index contributed by atoms with van der Waals surface area (Å²) in [5.74, 6) is -0.205. The van der Waals surface area contributed by atoms with E-state index in [1.807, 2.05) is 6.92 Å². The highest BCUT2D eigenvalue weighted by Gasteiger charge is 2.69. The normalized spacial score (nSPS) is 54.7. The Morgan fingerprint density at radius 2 is 1.08 bits per heavy atom. The molecule has 0 unspecified atom stereocenters. The summed E-state index contributed by atoms with van der Waals surface area (Å²) in [6.07, 6.45) is -26.1. The van der Waals surface area contributed by atoms with Crippen molar-refractivity contribution in [3.05, 3.63) is 23.3 Å². The molecule has 9 aliphatic rings. The van der Waals surface area contributed by atoms with Gasteiger partial charge < -0.3 is 114 Å². The van der Waals surface area contributed by atoms with Crippen molar-refractivity contribution in [3.8, 4) is 0 Å². The molecule has 4 saturated heterocycles. The van der Waals surface area contributed by atoms with Crippen LogP contribution in [0.4, 0.5) is 0 Å². The molecule has 77 heavy (non-hydrogen) atoms. The monoisotopic (exact) mass is 1100 g/mol. The fourth-order valence-corrected chi connectivity index (χ4v) is 15.9. The van der Waals surface area contributed by atoms with Crippen LogP contribution in [-0.2, 0) is 37.9 Å². The van der Waals surface area contributed by atoms with Gasteiger partial charge in [0.15, 0.2) is 25.2 Å². The summed E-state index contributed by atoms with van der Waals surface area (Å²) in [7, 11) is 0. The van der Waals surface area contributed by atoms with E-state index >= 15 is 0 Å². The van der Waals surface area contributed by atoms with Gasteiger partial charge in [-0.3, -0.25) is 0 Å². The molecule has 0 radical (unpaired) electrons. The van der Waals surface area contributed by atoms with Gasteiger partial charge in [-0.2, -0.15) is 0 Å². The molecule has 4 aliphatic heterocycles. The number of hydrogen-bond donors (Lipinski definition) is 15. The summed E-state index contributed by atoms with van der Waals surface area (Å²) < 4.78 is 48.8. The Hall–Kier alpha value is -1.44. The molecule has 0 aromatic rings. The minimum Gasteiger partial charge on any atom is -0.396 e. The summed E-state index contributed by atoms with van der Waals surface area (Å²) in [6.45, 7) is 12.1. The Bertz CT molecular complexity index is 2130. The van der Waals surface area contributed by atoms with Gasteiger partial charge in [-0.15, -0.1) is 0 Å². The topological polar surface area (TPSA) is 377 Å². The lowest BCUT2D eigenvalue weighted by atomic mass is 9.35. The van der Waals surface area contributed by atoms with Crippen LogP contribution in [0.25, 0.3) is 0 Å². The van der Waals surface area contributed by atoms with Crippen molar-refractivity contribution < 1.29 is 114 Å². The molecule has 23 heteroatoms. The van der Waals surface area contributed by atoms with E-state index in [-0.39, 0.29) is 30.5 Å². The van der Waals surface area contributed by atoms with Gasteiger partial charge in [0.25, 0.3) is 0 Å². The molecule has 0 spiro atoms. The Morgan fingerprint density at radius 3 is 1.66 bits per heavy atom. The minimum atomic E-state index is -2.03. The molecule has 29 atom stereocenters.